The molecule has 2 heterocycles. The maximum absolute atomic E-state index is 6.08. The highest BCUT2D eigenvalue weighted by atomic mass is 16.5. The minimum Gasteiger partial charge on any atom is -0.383 e. The maximum atomic E-state index is 6.08. The Hall–Kier alpha value is -1.20. The molecule has 0 bridgehead atoms. The molecule has 5 heteroatoms. The molecule has 2 N–H and O–H groups in total. The lowest BCUT2D eigenvalue weighted by molar-refractivity contribution is 0.0283. The Labute approximate surface area is 119 Å². The summed E-state index contributed by atoms with van der Waals surface area (Å²) >= 11 is 0. The van der Waals surface area contributed by atoms with E-state index in [9.17, 15) is 0 Å². The molecule has 1 aromatic heterocycles. The molecule has 1 aromatic rings. The van der Waals surface area contributed by atoms with Crippen LogP contribution in [0.15, 0.2) is 0 Å². The van der Waals surface area contributed by atoms with Crippen LogP contribution in [-0.2, 0) is 22.5 Å². The largest absolute Gasteiger partial charge is 0.383 e. The first-order chi connectivity index (χ1) is 9.79. The third kappa shape index (κ3) is 2.65. The minimum atomic E-state index is -0.0225. The second-order valence-corrected chi connectivity index (χ2v) is 5.75. The number of nitrogens with two attached hydrogens (primary N) is 1. The number of hydrogen-bond acceptors (Lipinski definition) is 5. The van der Waals surface area contributed by atoms with Gasteiger partial charge in [0.15, 0.2) is 5.82 Å². The average Bonchev–Trinajstić information content (AvgIpc) is 2.49. The Morgan fingerprint density at radius 1 is 1.25 bits per heavy atom. The van der Waals surface area contributed by atoms with E-state index >= 15 is 0 Å². The molecule has 1 saturated carbocycles. The first-order valence-electron chi connectivity index (χ1n) is 7.55. The normalized spacial score (nSPS) is 21.4. The van der Waals surface area contributed by atoms with Crippen molar-refractivity contribution in [2.75, 3.05) is 19.5 Å². The maximum Gasteiger partial charge on any atom is 0.160 e. The van der Waals surface area contributed by atoms with Crippen molar-refractivity contribution in [3.05, 3.63) is 17.1 Å². The second kappa shape index (κ2) is 6.06. The Kier molecular flexibility index (Phi) is 4.17. The molecule has 20 heavy (non-hydrogen) atoms. The van der Waals surface area contributed by atoms with E-state index in [4.69, 9.17) is 20.2 Å². The summed E-state index contributed by atoms with van der Waals surface area (Å²) in [5.41, 5.74) is 8.07. The van der Waals surface area contributed by atoms with Crippen LogP contribution < -0.4 is 5.73 Å². The molecular weight excluding hydrogens is 254 g/mol. The van der Waals surface area contributed by atoms with Crippen LogP contribution in [0.1, 0.15) is 55.3 Å². The standard InChI is InChI=1S/C15H23N3O2/c1-19-13(10-5-3-2-4-6-10)15-17-12-7-8-20-9-11(12)14(16)18-15/h10,13H,2-9H2,1H3,(H2,16,17,18). The summed E-state index contributed by atoms with van der Waals surface area (Å²) in [6.45, 7) is 1.24. The van der Waals surface area contributed by atoms with Gasteiger partial charge in [0.05, 0.1) is 18.9 Å². The third-order valence-electron chi connectivity index (χ3n) is 4.46. The van der Waals surface area contributed by atoms with Crippen LogP contribution in [0.3, 0.4) is 0 Å². The topological polar surface area (TPSA) is 70.3 Å². The molecule has 0 spiro atoms. The number of aromatic nitrogens is 2. The van der Waals surface area contributed by atoms with Crippen LogP contribution in [0.5, 0.6) is 0 Å². The van der Waals surface area contributed by atoms with Crippen LogP contribution in [-0.4, -0.2) is 23.7 Å². The average molecular weight is 277 g/mol. The minimum absolute atomic E-state index is 0.0225. The quantitative estimate of drug-likeness (QED) is 0.918. The van der Waals surface area contributed by atoms with E-state index in [1.807, 2.05) is 0 Å². The molecule has 2 aliphatic rings. The van der Waals surface area contributed by atoms with E-state index in [0.29, 0.717) is 24.9 Å². The molecule has 1 atom stereocenters. The monoisotopic (exact) mass is 277 g/mol. The first-order valence-corrected chi connectivity index (χ1v) is 7.55. The summed E-state index contributed by atoms with van der Waals surface area (Å²) in [6.07, 6.45) is 7.07. The fourth-order valence-corrected chi connectivity index (χ4v) is 3.35. The van der Waals surface area contributed by atoms with Gasteiger partial charge in [-0.2, -0.15) is 0 Å². The number of rotatable bonds is 3. The van der Waals surface area contributed by atoms with E-state index in [0.717, 1.165) is 23.5 Å². The van der Waals surface area contributed by atoms with Crippen LogP contribution in [0.4, 0.5) is 5.82 Å². The lowest BCUT2D eigenvalue weighted by atomic mass is 9.85. The van der Waals surface area contributed by atoms with Gasteiger partial charge >= 0.3 is 0 Å². The molecule has 0 radical (unpaired) electrons. The van der Waals surface area contributed by atoms with Crippen LogP contribution in [0.25, 0.3) is 0 Å². The van der Waals surface area contributed by atoms with Gasteiger partial charge in [-0.15, -0.1) is 0 Å². The summed E-state index contributed by atoms with van der Waals surface area (Å²) in [5, 5.41) is 0. The van der Waals surface area contributed by atoms with Gasteiger partial charge in [-0.1, -0.05) is 19.3 Å². The van der Waals surface area contributed by atoms with Crippen molar-refractivity contribution < 1.29 is 9.47 Å². The van der Waals surface area contributed by atoms with E-state index in [1.54, 1.807) is 7.11 Å². The molecule has 5 nitrogen and oxygen atoms in total. The first kappa shape index (κ1) is 13.8. The number of fused-ring (bicyclic) bond motifs is 1. The van der Waals surface area contributed by atoms with Crippen molar-refractivity contribution in [1.29, 1.82) is 0 Å². The van der Waals surface area contributed by atoms with Crippen molar-refractivity contribution in [2.45, 2.75) is 51.2 Å². The van der Waals surface area contributed by atoms with Gasteiger partial charge in [0.25, 0.3) is 0 Å². The second-order valence-electron chi connectivity index (χ2n) is 5.75. The molecule has 110 valence electrons. The van der Waals surface area contributed by atoms with Crippen molar-refractivity contribution in [2.24, 2.45) is 5.92 Å². The van der Waals surface area contributed by atoms with Crippen molar-refractivity contribution in [3.63, 3.8) is 0 Å². The van der Waals surface area contributed by atoms with Crippen LogP contribution in [0, 0.1) is 5.92 Å². The highest BCUT2D eigenvalue weighted by Crippen LogP contribution is 2.36. The molecular formula is C15H23N3O2. The summed E-state index contributed by atoms with van der Waals surface area (Å²) < 4.78 is 11.1. The van der Waals surface area contributed by atoms with Crippen molar-refractivity contribution in [1.82, 2.24) is 9.97 Å². The Balaban J connectivity index is 1.89. The highest BCUT2D eigenvalue weighted by Gasteiger charge is 2.29. The Morgan fingerprint density at radius 2 is 2.05 bits per heavy atom. The molecule has 0 aromatic carbocycles. The number of nitrogens with zero attached hydrogens (tertiary/aromatic N) is 2. The van der Waals surface area contributed by atoms with Gasteiger partial charge in [0.2, 0.25) is 0 Å². The fourth-order valence-electron chi connectivity index (χ4n) is 3.35. The van der Waals surface area contributed by atoms with E-state index in [1.165, 1.54) is 32.1 Å². The van der Waals surface area contributed by atoms with Crippen LogP contribution >= 0.6 is 0 Å². The van der Waals surface area contributed by atoms with E-state index in [2.05, 4.69) is 4.98 Å². The van der Waals surface area contributed by atoms with Gasteiger partial charge in [-0.3, -0.25) is 0 Å². The zero-order valence-electron chi connectivity index (χ0n) is 12.1. The highest BCUT2D eigenvalue weighted by molar-refractivity contribution is 5.43. The molecule has 1 unspecified atom stereocenters. The van der Waals surface area contributed by atoms with Gasteiger partial charge < -0.3 is 15.2 Å². The number of hydrogen-bond donors (Lipinski definition) is 1. The van der Waals surface area contributed by atoms with Gasteiger partial charge in [-0.25, -0.2) is 9.97 Å². The molecule has 1 fully saturated rings. The van der Waals surface area contributed by atoms with Gasteiger partial charge in [0.1, 0.15) is 11.9 Å². The number of nitrogen functional groups attached to an aromatic ring is 1. The number of methoxy groups -OCH3 is 1. The summed E-state index contributed by atoms with van der Waals surface area (Å²) in [5.74, 6) is 1.84. The zero-order chi connectivity index (χ0) is 13.9. The predicted molar refractivity (Wildman–Crippen MR) is 76.1 cm³/mol. The lowest BCUT2D eigenvalue weighted by Crippen LogP contribution is -2.23. The van der Waals surface area contributed by atoms with Crippen molar-refractivity contribution >= 4 is 5.82 Å². The van der Waals surface area contributed by atoms with E-state index < -0.39 is 0 Å². The lowest BCUT2D eigenvalue weighted by Gasteiger charge is -2.29. The third-order valence-corrected chi connectivity index (χ3v) is 4.46. The van der Waals surface area contributed by atoms with Gasteiger partial charge in [-0.05, 0) is 18.8 Å². The fraction of sp³-hybridized carbons (Fsp3) is 0.733. The smallest absolute Gasteiger partial charge is 0.160 e. The summed E-state index contributed by atoms with van der Waals surface area (Å²) in [4.78, 5) is 9.22. The Morgan fingerprint density at radius 3 is 2.80 bits per heavy atom. The van der Waals surface area contributed by atoms with Gasteiger partial charge in [0, 0.05) is 19.1 Å². The van der Waals surface area contributed by atoms with Crippen molar-refractivity contribution in [3.8, 4) is 0 Å². The summed E-state index contributed by atoms with van der Waals surface area (Å²) in [7, 11) is 1.75. The zero-order valence-corrected chi connectivity index (χ0v) is 12.1. The molecule has 0 saturated heterocycles. The molecule has 3 rings (SSSR count). The molecule has 1 aliphatic carbocycles. The van der Waals surface area contributed by atoms with E-state index in [-0.39, 0.29) is 6.10 Å². The molecule has 1 aliphatic heterocycles. The summed E-state index contributed by atoms with van der Waals surface area (Å²) in [6, 6.07) is 0. The molecule has 0 amide bonds. The Bertz CT molecular complexity index is 472. The predicted octanol–water partition coefficient (Wildman–Crippen LogP) is 2.40. The van der Waals surface area contributed by atoms with Crippen LogP contribution in [0.2, 0.25) is 0 Å². The number of anilines is 1. The SMILES string of the molecule is COC(c1nc(N)c2c(n1)CCOC2)C1CCCCC1. The number of ether oxygens (including phenoxy) is 2.